The van der Waals surface area contributed by atoms with Crippen molar-refractivity contribution in [3.8, 4) is 0 Å². The van der Waals surface area contributed by atoms with Crippen LogP contribution in [0.1, 0.15) is 25.3 Å². The van der Waals surface area contributed by atoms with Crippen molar-refractivity contribution < 1.29 is 23.9 Å². The highest BCUT2D eigenvalue weighted by Crippen LogP contribution is 2.19. The van der Waals surface area contributed by atoms with Crippen LogP contribution in [0.4, 0.5) is 10.5 Å². The van der Waals surface area contributed by atoms with Crippen LogP contribution in [0.5, 0.6) is 0 Å². The van der Waals surface area contributed by atoms with Gasteiger partial charge < -0.3 is 20.1 Å². The van der Waals surface area contributed by atoms with Gasteiger partial charge in [-0.2, -0.15) is 0 Å². The van der Waals surface area contributed by atoms with E-state index >= 15 is 0 Å². The number of carbonyl (C=O) groups excluding carboxylic acids is 3. The minimum atomic E-state index is -0.639. The van der Waals surface area contributed by atoms with E-state index in [4.69, 9.17) is 9.47 Å². The Morgan fingerprint density at radius 2 is 1.88 bits per heavy atom. The summed E-state index contributed by atoms with van der Waals surface area (Å²) in [6, 6.07) is 6.57. The Kier molecular flexibility index (Phi) is 5.72. The predicted octanol–water partition coefficient (Wildman–Crippen LogP) is 1.26. The van der Waals surface area contributed by atoms with Crippen LogP contribution in [0.2, 0.25) is 0 Å². The average molecular weight is 361 g/mol. The first kappa shape index (κ1) is 18.2. The highest BCUT2D eigenvalue weighted by atomic mass is 16.6. The van der Waals surface area contributed by atoms with Crippen LogP contribution in [0.15, 0.2) is 24.3 Å². The third-order valence-corrected chi connectivity index (χ3v) is 4.47. The Morgan fingerprint density at radius 1 is 1.19 bits per heavy atom. The summed E-state index contributed by atoms with van der Waals surface area (Å²) < 4.78 is 10.4. The number of hydrogen-bond donors (Lipinski definition) is 2. The summed E-state index contributed by atoms with van der Waals surface area (Å²) in [7, 11) is 0. The van der Waals surface area contributed by atoms with Crippen LogP contribution in [0.25, 0.3) is 0 Å². The minimum Gasteiger partial charge on any atom is -0.447 e. The van der Waals surface area contributed by atoms with Gasteiger partial charge in [0, 0.05) is 31.9 Å². The smallest absolute Gasteiger partial charge is 0.410 e. The number of carbonyl (C=O) groups is 3. The van der Waals surface area contributed by atoms with E-state index < -0.39 is 12.1 Å². The fraction of sp³-hybridized carbons (Fsp3) is 0.500. The van der Waals surface area contributed by atoms with E-state index in [0.717, 1.165) is 18.4 Å². The van der Waals surface area contributed by atoms with Gasteiger partial charge in [0.1, 0.15) is 12.6 Å². The Hall–Kier alpha value is -2.61. The molecule has 0 radical (unpaired) electrons. The lowest BCUT2D eigenvalue weighted by atomic mass is 10.1. The Labute approximate surface area is 151 Å². The molecule has 2 aliphatic heterocycles. The van der Waals surface area contributed by atoms with Crippen molar-refractivity contribution in [2.75, 3.05) is 25.1 Å². The molecule has 2 fully saturated rings. The van der Waals surface area contributed by atoms with Gasteiger partial charge in [-0.3, -0.25) is 14.5 Å². The van der Waals surface area contributed by atoms with Crippen molar-refractivity contribution in [3.63, 3.8) is 0 Å². The van der Waals surface area contributed by atoms with E-state index in [-0.39, 0.29) is 31.0 Å². The van der Waals surface area contributed by atoms with Crippen LogP contribution in [0, 0.1) is 0 Å². The van der Waals surface area contributed by atoms with Crippen molar-refractivity contribution in [2.24, 2.45) is 0 Å². The maximum Gasteiger partial charge on any atom is 0.410 e. The number of hydrogen-bond acceptors (Lipinski definition) is 5. The summed E-state index contributed by atoms with van der Waals surface area (Å²) in [4.78, 5) is 37.1. The number of ether oxygens (including phenoxy) is 2. The summed E-state index contributed by atoms with van der Waals surface area (Å²) in [5, 5.41) is 5.68. The van der Waals surface area contributed by atoms with E-state index in [1.165, 1.54) is 11.8 Å². The molecule has 2 saturated heterocycles. The predicted molar refractivity (Wildman–Crippen MR) is 93.4 cm³/mol. The second-order valence-corrected chi connectivity index (χ2v) is 6.49. The first-order valence-electron chi connectivity index (χ1n) is 8.71. The lowest BCUT2D eigenvalue weighted by Gasteiger charge is -2.26. The molecule has 0 unspecified atom stereocenters. The molecule has 1 aromatic carbocycles. The molecule has 26 heavy (non-hydrogen) atoms. The molecule has 2 aliphatic rings. The van der Waals surface area contributed by atoms with Crippen molar-refractivity contribution in [2.45, 2.75) is 38.4 Å². The summed E-state index contributed by atoms with van der Waals surface area (Å²) in [5.41, 5.74) is 1.53. The van der Waals surface area contributed by atoms with E-state index in [2.05, 4.69) is 10.6 Å². The molecule has 0 bridgehead atoms. The average Bonchev–Trinajstić information content (AvgIpc) is 2.98. The molecule has 0 saturated carbocycles. The fourth-order valence-corrected chi connectivity index (χ4v) is 3.08. The molecular formula is C18H23N3O5. The van der Waals surface area contributed by atoms with Gasteiger partial charge in [-0.1, -0.05) is 12.1 Å². The van der Waals surface area contributed by atoms with Crippen molar-refractivity contribution >= 4 is 23.6 Å². The molecule has 3 rings (SSSR count). The normalized spacial score (nSPS) is 20.6. The molecule has 0 aromatic heterocycles. The van der Waals surface area contributed by atoms with Crippen LogP contribution in [-0.2, 0) is 25.6 Å². The number of rotatable bonds is 5. The van der Waals surface area contributed by atoms with Crippen molar-refractivity contribution in [1.82, 2.24) is 10.2 Å². The Bertz CT molecular complexity index is 670. The number of benzene rings is 1. The summed E-state index contributed by atoms with van der Waals surface area (Å²) in [5.74, 6) is -0.344. The first-order valence-corrected chi connectivity index (χ1v) is 8.71. The highest BCUT2D eigenvalue weighted by molar-refractivity contribution is 5.89. The first-order chi connectivity index (χ1) is 12.5. The van der Waals surface area contributed by atoms with E-state index in [0.29, 0.717) is 18.9 Å². The zero-order valence-corrected chi connectivity index (χ0v) is 14.7. The number of nitrogens with zero attached hydrogens (tertiary/aromatic N) is 1. The topological polar surface area (TPSA) is 97.0 Å². The van der Waals surface area contributed by atoms with Crippen LogP contribution >= 0.6 is 0 Å². The molecule has 140 valence electrons. The molecule has 0 spiro atoms. The minimum absolute atomic E-state index is 0.0534. The molecule has 8 heteroatoms. The van der Waals surface area contributed by atoms with Crippen LogP contribution in [-0.4, -0.2) is 54.7 Å². The zero-order chi connectivity index (χ0) is 18.5. The number of amides is 3. The number of cyclic esters (lactones) is 1. The lowest BCUT2D eigenvalue weighted by molar-refractivity contribution is -0.126. The largest absolute Gasteiger partial charge is 0.447 e. The number of nitrogens with one attached hydrogen (secondary N) is 2. The van der Waals surface area contributed by atoms with Gasteiger partial charge in [-0.15, -0.1) is 0 Å². The van der Waals surface area contributed by atoms with E-state index in [9.17, 15) is 14.4 Å². The molecule has 1 aromatic rings. The van der Waals surface area contributed by atoms with Gasteiger partial charge in [-0.05, 0) is 30.5 Å². The van der Waals surface area contributed by atoms with Gasteiger partial charge in [0.15, 0.2) is 0 Å². The molecule has 8 nitrogen and oxygen atoms in total. The zero-order valence-electron chi connectivity index (χ0n) is 14.7. The fourth-order valence-electron chi connectivity index (χ4n) is 3.08. The molecule has 0 aliphatic carbocycles. The standard InChI is InChI=1S/C18H23N3O5/c1-12(22)19-14-4-2-13(3-5-14)10-21-16(11-26-18(21)24)17(23)20-15-6-8-25-9-7-15/h2-5,15-16H,6-11H2,1H3,(H,19,22)(H,20,23)/t16-/m0/s1. The second-order valence-electron chi connectivity index (χ2n) is 6.49. The second kappa shape index (κ2) is 8.18. The maximum atomic E-state index is 12.6. The van der Waals surface area contributed by atoms with Crippen molar-refractivity contribution in [3.05, 3.63) is 29.8 Å². The SMILES string of the molecule is CC(=O)Nc1ccc(CN2C(=O)OC[C@H]2C(=O)NC2CCOCC2)cc1. The Morgan fingerprint density at radius 3 is 2.54 bits per heavy atom. The van der Waals surface area contributed by atoms with Gasteiger partial charge in [0.2, 0.25) is 11.8 Å². The molecule has 3 amide bonds. The summed E-state index contributed by atoms with van der Waals surface area (Å²) in [6.07, 6.45) is 1.05. The van der Waals surface area contributed by atoms with Gasteiger partial charge in [0.05, 0.1) is 6.54 Å². The highest BCUT2D eigenvalue weighted by Gasteiger charge is 2.38. The van der Waals surface area contributed by atoms with Gasteiger partial charge in [0.25, 0.3) is 0 Å². The molecular weight excluding hydrogens is 338 g/mol. The third kappa shape index (κ3) is 4.51. The summed E-state index contributed by atoms with van der Waals surface area (Å²) in [6.45, 7) is 3.03. The molecule has 1 atom stereocenters. The van der Waals surface area contributed by atoms with Crippen LogP contribution < -0.4 is 10.6 Å². The monoisotopic (exact) mass is 361 g/mol. The maximum absolute atomic E-state index is 12.6. The molecule has 2 heterocycles. The third-order valence-electron chi connectivity index (χ3n) is 4.47. The molecule has 2 N–H and O–H groups in total. The Balaban J connectivity index is 1.61. The van der Waals surface area contributed by atoms with E-state index in [1.54, 1.807) is 12.1 Å². The van der Waals surface area contributed by atoms with Gasteiger partial charge in [-0.25, -0.2) is 4.79 Å². The van der Waals surface area contributed by atoms with E-state index in [1.807, 2.05) is 12.1 Å². The quantitative estimate of drug-likeness (QED) is 0.823. The van der Waals surface area contributed by atoms with Crippen LogP contribution in [0.3, 0.4) is 0 Å². The lowest BCUT2D eigenvalue weighted by Crippen LogP contribution is -2.49. The van der Waals surface area contributed by atoms with Crippen molar-refractivity contribution in [1.29, 1.82) is 0 Å². The summed E-state index contributed by atoms with van der Waals surface area (Å²) >= 11 is 0. The number of anilines is 1. The van der Waals surface area contributed by atoms with Gasteiger partial charge >= 0.3 is 6.09 Å².